The summed E-state index contributed by atoms with van der Waals surface area (Å²) in [4.78, 5) is 0. The molecule has 1 aromatic heterocycles. The fourth-order valence-electron chi connectivity index (χ4n) is 5.31. The Balaban J connectivity index is 1.48. The first kappa shape index (κ1) is 20.5. The van der Waals surface area contributed by atoms with Crippen molar-refractivity contribution in [2.75, 3.05) is 5.32 Å². The zero-order valence-corrected chi connectivity index (χ0v) is 19.7. The summed E-state index contributed by atoms with van der Waals surface area (Å²) in [6.07, 6.45) is 0. The third-order valence-electron chi connectivity index (χ3n) is 6.97. The van der Waals surface area contributed by atoms with Gasteiger partial charge in [-0.3, -0.25) is 0 Å². The molecule has 1 heterocycles. The molecule has 2 nitrogen and oxygen atoms in total. The number of nitrogens with one attached hydrogen (secondary N) is 1. The van der Waals surface area contributed by atoms with Gasteiger partial charge in [-0.25, -0.2) is 0 Å². The lowest BCUT2D eigenvalue weighted by molar-refractivity contribution is 1.19. The fourth-order valence-corrected chi connectivity index (χ4v) is 5.31. The van der Waals surface area contributed by atoms with Crippen molar-refractivity contribution in [2.24, 2.45) is 0 Å². The second-order valence-corrected chi connectivity index (χ2v) is 9.12. The Morgan fingerprint density at radius 1 is 0.472 bits per heavy atom. The molecule has 0 aliphatic carbocycles. The Morgan fingerprint density at radius 2 is 1.17 bits per heavy atom. The second kappa shape index (κ2) is 8.44. The molecule has 0 aliphatic heterocycles. The Hall–Kier alpha value is -4.82. The van der Waals surface area contributed by atoms with Crippen molar-refractivity contribution < 1.29 is 0 Å². The number of fused-ring (bicyclic) bond motifs is 4. The molecule has 0 unspecified atom stereocenters. The Morgan fingerprint density at radius 3 is 2.08 bits per heavy atom. The number of hydrogen-bond acceptors (Lipinski definition) is 1. The lowest BCUT2D eigenvalue weighted by Crippen LogP contribution is -1.99. The first-order valence-electron chi connectivity index (χ1n) is 12.3. The number of rotatable bonds is 4. The number of anilines is 2. The molecule has 0 aliphatic rings. The molecule has 0 saturated heterocycles. The summed E-state index contributed by atoms with van der Waals surface area (Å²) in [5.41, 5.74) is 8.09. The molecule has 36 heavy (non-hydrogen) atoms. The van der Waals surface area contributed by atoms with Gasteiger partial charge in [0.05, 0.1) is 16.7 Å². The molecule has 0 amide bonds. The Kier molecular flexibility index (Phi) is 4.82. The van der Waals surface area contributed by atoms with E-state index < -0.39 is 0 Å². The normalized spacial score (nSPS) is 11.3. The van der Waals surface area contributed by atoms with Gasteiger partial charge in [0, 0.05) is 27.7 Å². The number of nitrogens with zero attached hydrogens (tertiary/aromatic N) is 1. The molecule has 170 valence electrons. The Labute approximate surface area is 210 Å². The van der Waals surface area contributed by atoms with Crippen molar-refractivity contribution in [3.63, 3.8) is 0 Å². The molecular weight excluding hydrogens is 436 g/mol. The zero-order valence-electron chi connectivity index (χ0n) is 19.7. The highest BCUT2D eigenvalue weighted by atomic mass is 15.0. The van der Waals surface area contributed by atoms with Gasteiger partial charge in [-0.2, -0.15) is 0 Å². The lowest BCUT2D eigenvalue weighted by Gasteiger charge is -2.16. The molecule has 7 rings (SSSR count). The minimum absolute atomic E-state index is 1.08. The molecule has 0 saturated carbocycles. The molecule has 7 aromatic rings. The van der Waals surface area contributed by atoms with Crippen LogP contribution in [0.15, 0.2) is 140 Å². The van der Waals surface area contributed by atoms with E-state index in [1.165, 1.54) is 43.7 Å². The van der Waals surface area contributed by atoms with Crippen LogP contribution in [-0.2, 0) is 0 Å². The van der Waals surface area contributed by atoms with Gasteiger partial charge in [-0.15, -0.1) is 0 Å². The van der Waals surface area contributed by atoms with Gasteiger partial charge in [-0.1, -0.05) is 109 Å². The maximum absolute atomic E-state index is 3.80. The highest BCUT2D eigenvalue weighted by molar-refractivity contribution is 6.14. The molecule has 0 atom stereocenters. The van der Waals surface area contributed by atoms with Gasteiger partial charge in [0.25, 0.3) is 0 Å². The summed E-state index contributed by atoms with van der Waals surface area (Å²) in [6, 6.07) is 49.6. The smallest absolute Gasteiger partial charge is 0.0776 e. The maximum Gasteiger partial charge on any atom is 0.0776 e. The first-order chi connectivity index (χ1) is 17.9. The predicted molar refractivity (Wildman–Crippen MR) is 153 cm³/mol. The van der Waals surface area contributed by atoms with Gasteiger partial charge in [0.2, 0.25) is 0 Å². The lowest BCUT2D eigenvalue weighted by atomic mass is 10.0. The van der Waals surface area contributed by atoms with E-state index in [4.69, 9.17) is 0 Å². The van der Waals surface area contributed by atoms with Crippen LogP contribution in [0.5, 0.6) is 0 Å². The van der Waals surface area contributed by atoms with Crippen molar-refractivity contribution in [2.45, 2.75) is 0 Å². The second-order valence-electron chi connectivity index (χ2n) is 9.12. The van der Waals surface area contributed by atoms with E-state index in [2.05, 4.69) is 149 Å². The van der Waals surface area contributed by atoms with Gasteiger partial charge >= 0.3 is 0 Å². The molecule has 1 N–H and O–H groups in total. The highest BCUT2D eigenvalue weighted by Gasteiger charge is 2.16. The molecule has 0 spiro atoms. The number of para-hydroxylation sites is 3. The van der Waals surface area contributed by atoms with Gasteiger partial charge in [0.1, 0.15) is 0 Å². The van der Waals surface area contributed by atoms with Crippen LogP contribution in [0.1, 0.15) is 0 Å². The molecule has 0 bridgehead atoms. The van der Waals surface area contributed by atoms with Crippen molar-refractivity contribution in [1.29, 1.82) is 0 Å². The SMILES string of the molecule is c1ccc(-c2ccccc2Nc2cccc3c4ccccc4n(-c4ccc5ccccc5c4)c23)cc1. The highest BCUT2D eigenvalue weighted by Crippen LogP contribution is 2.39. The van der Waals surface area contributed by atoms with Gasteiger partial charge in [-0.05, 0) is 46.7 Å². The third kappa shape index (κ3) is 3.35. The molecule has 0 radical (unpaired) electrons. The molecule has 2 heteroatoms. The minimum atomic E-state index is 1.08. The van der Waals surface area contributed by atoms with E-state index in [9.17, 15) is 0 Å². The summed E-state index contributed by atoms with van der Waals surface area (Å²) in [6.45, 7) is 0. The van der Waals surface area contributed by atoms with Crippen LogP contribution in [0.2, 0.25) is 0 Å². The van der Waals surface area contributed by atoms with Crippen LogP contribution < -0.4 is 5.32 Å². The van der Waals surface area contributed by atoms with Crippen molar-refractivity contribution in [3.05, 3.63) is 140 Å². The molecule has 0 fully saturated rings. The van der Waals surface area contributed by atoms with Crippen LogP contribution in [0, 0.1) is 0 Å². The van der Waals surface area contributed by atoms with Crippen LogP contribution >= 0.6 is 0 Å². The van der Waals surface area contributed by atoms with Gasteiger partial charge in [0.15, 0.2) is 0 Å². The van der Waals surface area contributed by atoms with E-state index >= 15 is 0 Å². The summed E-state index contributed by atoms with van der Waals surface area (Å²) in [5, 5.41) is 8.77. The van der Waals surface area contributed by atoms with Crippen LogP contribution in [0.25, 0.3) is 49.4 Å². The average Bonchev–Trinajstić information content (AvgIpc) is 3.29. The van der Waals surface area contributed by atoms with Gasteiger partial charge < -0.3 is 9.88 Å². The summed E-state index contributed by atoms with van der Waals surface area (Å²) in [5.74, 6) is 0. The standard InChI is InChI=1S/C34H24N2/c1-2-12-25(13-3-1)28-15-6-8-18-31(28)35-32-19-10-17-30-29-16-7-9-20-33(29)36(34(30)32)27-22-21-24-11-4-5-14-26(24)23-27/h1-23,35H. The summed E-state index contributed by atoms with van der Waals surface area (Å²) in [7, 11) is 0. The van der Waals surface area contributed by atoms with Crippen LogP contribution in [0.4, 0.5) is 11.4 Å². The number of benzene rings is 6. The monoisotopic (exact) mass is 460 g/mol. The quantitative estimate of drug-likeness (QED) is 0.277. The topological polar surface area (TPSA) is 17.0 Å². The van der Waals surface area contributed by atoms with Crippen molar-refractivity contribution in [3.8, 4) is 16.8 Å². The number of aromatic nitrogens is 1. The third-order valence-corrected chi connectivity index (χ3v) is 6.97. The van der Waals surface area contributed by atoms with E-state index in [0.717, 1.165) is 17.1 Å². The Bertz CT molecular complexity index is 1860. The number of hydrogen-bond donors (Lipinski definition) is 1. The molecular formula is C34H24N2. The van der Waals surface area contributed by atoms with E-state index in [1.54, 1.807) is 0 Å². The largest absolute Gasteiger partial charge is 0.353 e. The predicted octanol–water partition coefficient (Wildman–Crippen LogP) is 9.35. The van der Waals surface area contributed by atoms with E-state index in [0.29, 0.717) is 0 Å². The van der Waals surface area contributed by atoms with E-state index in [-0.39, 0.29) is 0 Å². The zero-order chi connectivity index (χ0) is 23.9. The van der Waals surface area contributed by atoms with Crippen molar-refractivity contribution in [1.82, 2.24) is 4.57 Å². The summed E-state index contributed by atoms with van der Waals surface area (Å²) >= 11 is 0. The average molecular weight is 461 g/mol. The maximum atomic E-state index is 3.80. The molecule has 6 aromatic carbocycles. The first-order valence-corrected chi connectivity index (χ1v) is 12.3. The van der Waals surface area contributed by atoms with E-state index in [1.807, 2.05) is 0 Å². The summed E-state index contributed by atoms with van der Waals surface area (Å²) < 4.78 is 2.39. The van der Waals surface area contributed by atoms with Crippen molar-refractivity contribution >= 4 is 44.0 Å². The fraction of sp³-hybridized carbons (Fsp3) is 0. The van der Waals surface area contributed by atoms with Crippen LogP contribution in [-0.4, -0.2) is 4.57 Å². The minimum Gasteiger partial charge on any atom is -0.353 e. The van der Waals surface area contributed by atoms with Crippen LogP contribution in [0.3, 0.4) is 0 Å².